The molecule has 124 valence electrons. The van der Waals surface area contributed by atoms with Crippen LogP contribution in [0.1, 0.15) is 11.1 Å². The first kappa shape index (κ1) is 17.5. The molecule has 0 atom stereocenters. The summed E-state index contributed by atoms with van der Waals surface area (Å²) in [7, 11) is 0. The van der Waals surface area contributed by atoms with Crippen LogP contribution in [0.4, 0.5) is 11.4 Å². The van der Waals surface area contributed by atoms with E-state index in [0.29, 0.717) is 0 Å². The fraction of sp³-hybridized carbons (Fsp3) is 0. The third kappa shape index (κ3) is 3.39. The van der Waals surface area contributed by atoms with Gasteiger partial charge in [0.15, 0.2) is 11.5 Å². The average Bonchev–Trinajstić information content (AvgIpc) is 2.49. The van der Waals surface area contributed by atoms with Crippen LogP contribution in [0.5, 0.6) is 11.5 Å². The molecular formula is C14H8Cl2N2O6. The van der Waals surface area contributed by atoms with Crippen molar-refractivity contribution in [3.8, 4) is 11.5 Å². The molecule has 0 aliphatic heterocycles. The molecule has 2 aromatic rings. The Bertz CT molecular complexity index is 812. The molecule has 0 spiro atoms. The first-order valence-corrected chi connectivity index (χ1v) is 6.98. The third-order valence-electron chi connectivity index (χ3n) is 3.11. The quantitative estimate of drug-likeness (QED) is 0.615. The van der Waals surface area contributed by atoms with Crippen LogP contribution in [0, 0.1) is 20.2 Å². The van der Waals surface area contributed by atoms with E-state index in [1.165, 1.54) is 12.1 Å². The van der Waals surface area contributed by atoms with Gasteiger partial charge in [-0.2, -0.15) is 0 Å². The van der Waals surface area contributed by atoms with E-state index in [1.54, 1.807) is 0 Å². The molecule has 0 aromatic heterocycles. The summed E-state index contributed by atoms with van der Waals surface area (Å²) >= 11 is 11.7. The van der Waals surface area contributed by atoms with Gasteiger partial charge in [0.1, 0.15) is 4.49 Å². The number of phenols is 2. The number of hydrogen-bond acceptors (Lipinski definition) is 6. The SMILES string of the molecule is O=[N+]([O-])c1cc(C(=C(Cl)Cl)c2ccc(O)c([N+](=O)[O-])c2)ccc1O. The zero-order chi connectivity index (χ0) is 18.0. The predicted octanol–water partition coefficient (Wildman–Crippen LogP) is 4.11. The Morgan fingerprint density at radius 1 is 0.833 bits per heavy atom. The minimum absolute atomic E-state index is 0.0736. The largest absolute Gasteiger partial charge is 0.502 e. The van der Waals surface area contributed by atoms with Gasteiger partial charge in [-0.1, -0.05) is 35.3 Å². The number of nitrogens with zero attached hydrogens (tertiary/aromatic N) is 2. The summed E-state index contributed by atoms with van der Waals surface area (Å²) in [5.74, 6) is -1.10. The van der Waals surface area contributed by atoms with Crippen molar-refractivity contribution in [2.75, 3.05) is 0 Å². The predicted molar refractivity (Wildman–Crippen MR) is 87.3 cm³/mol. The van der Waals surface area contributed by atoms with Gasteiger partial charge < -0.3 is 10.2 Å². The lowest BCUT2D eigenvalue weighted by Gasteiger charge is -2.10. The molecule has 2 aromatic carbocycles. The van der Waals surface area contributed by atoms with Crippen LogP contribution in [0.25, 0.3) is 5.57 Å². The number of nitro groups is 2. The van der Waals surface area contributed by atoms with E-state index in [0.717, 1.165) is 24.3 Å². The molecule has 0 aliphatic rings. The molecule has 0 aliphatic carbocycles. The number of halogens is 2. The van der Waals surface area contributed by atoms with Crippen LogP contribution in [0.2, 0.25) is 0 Å². The van der Waals surface area contributed by atoms with Gasteiger partial charge in [-0.05, 0) is 23.3 Å². The average molecular weight is 371 g/mol. The summed E-state index contributed by atoms with van der Waals surface area (Å²) < 4.78 is -0.296. The lowest BCUT2D eigenvalue weighted by atomic mass is 9.98. The fourth-order valence-electron chi connectivity index (χ4n) is 2.04. The van der Waals surface area contributed by atoms with Gasteiger partial charge in [0.2, 0.25) is 0 Å². The second-order valence-electron chi connectivity index (χ2n) is 4.56. The Morgan fingerprint density at radius 3 is 1.50 bits per heavy atom. The Kier molecular flexibility index (Phi) is 4.91. The summed E-state index contributed by atoms with van der Waals surface area (Å²) in [6.07, 6.45) is 0. The Labute approximate surface area is 144 Å². The maximum atomic E-state index is 10.9. The highest BCUT2D eigenvalue weighted by Gasteiger charge is 2.21. The molecule has 24 heavy (non-hydrogen) atoms. The van der Waals surface area contributed by atoms with Crippen LogP contribution in [0.3, 0.4) is 0 Å². The highest BCUT2D eigenvalue weighted by molar-refractivity contribution is 6.59. The van der Waals surface area contributed by atoms with Crippen molar-refractivity contribution in [1.82, 2.24) is 0 Å². The molecule has 0 saturated heterocycles. The van der Waals surface area contributed by atoms with Gasteiger partial charge in [-0.25, -0.2) is 0 Å². The summed E-state index contributed by atoms with van der Waals surface area (Å²) in [5, 5.41) is 40.9. The van der Waals surface area contributed by atoms with Crippen molar-refractivity contribution >= 4 is 40.1 Å². The van der Waals surface area contributed by atoms with E-state index in [9.17, 15) is 30.4 Å². The smallest absolute Gasteiger partial charge is 0.311 e. The van der Waals surface area contributed by atoms with Crippen LogP contribution in [-0.4, -0.2) is 20.1 Å². The Balaban J connectivity index is 2.67. The minimum Gasteiger partial charge on any atom is -0.502 e. The van der Waals surface area contributed by atoms with E-state index in [4.69, 9.17) is 23.2 Å². The van der Waals surface area contributed by atoms with E-state index in [-0.39, 0.29) is 21.2 Å². The Hall–Kier alpha value is -2.84. The lowest BCUT2D eigenvalue weighted by molar-refractivity contribution is -0.386. The van der Waals surface area contributed by atoms with Crippen molar-refractivity contribution in [2.24, 2.45) is 0 Å². The summed E-state index contributed by atoms with van der Waals surface area (Å²) in [4.78, 5) is 20.3. The van der Waals surface area contributed by atoms with Crippen LogP contribution < -0.4 is 0 Å². The number of nitro benzene ring substituents is 2. The standard InChI is InChI=1S/C14H8Cl2N2O6/c15-14(16)13(7-1-3-11(19)9(5-7)17(21)22)8-2-4-12(20)10(6-8)18(23)24/h1-6,19-20H. The number of rotatable bonds is 4. The topological polar surface area (TPSA) is 127 Å². The zero-order valence-electron chi connectivity index (χ0n) is 11.6. The molecule has 0 unspecified atom stereocenters. The third-order valence-corrected chi connectivity index (χ3v) is 3.49. The minimum atomic E-state index is -0.794. The van der Waals surface area contributed by atoms with Crippen molar-refractivity contribution in [3.63, 3.8) is 0 Å². The van der Waals surface area contributed by atoms with Crippen molar-refractivity contribution in [1.29, 1.82) is 0 Å². The first-order chi connectivity index (χ1) is 11.2. The number of phenolic OH excluding ortho intramolecular Hbond substituents is 2. The van der Waals surface area contributed by atoms with Crippen LogP contribution in [-0.2, 0) is 0 Å². The highest BCUT2D eigenvalue weighted by Crippen LogP contribution is 2.38. The van der Waals surface area contributed by atoms with Gasteiger partial charge in [-0.15, -0.1) is 0 Å². The van der Waals surface area contributed by atoms with E-state index in [1.807, 2.05) is 0 Å². The normalized spacial score (nSPS) is 10.2. The molecule has 2 N–H and O–H groups in total. The molecule has 0 heterocycles. The molecule has 8 nitrogen and oxygen atoms in total. The zero-order valence-corrected chi connectivity index (χ0v) is 13.2. The van der Waals surface area contributed by atoms with Gasteiger partial charge in [0, 0.05) is 17.7 Å². The molecule has 0 fully saturated rings. The monoisotopic (exact) mass is 370 g/mol. The molecule has 0 radical (unpaired) electrons. The fourth-order valence-corrected chi connectivity index (χ4v) is 2.47. The van der Waals surface area contributed by atoms with Gasteiger partial charge in [0.05, 0.1) is 9.85 Å². The second kappa shape index (κ2) is 6.73. The highest BCUT2D eigenvalue weighted by atomic mass is 35.5. The summed E-state index contributed by atoms with van der Waals surface area (Å²) in [6.45, 7) is 0. The number of benzene rings is 2. The van der Waals surface area contributed by atoms with Crippen LogP contribution >= 0.6 is 23.2 Å². The van der Waals surface area contributed by atoms with E-state index < -0.39 is 32.7 Å². The molecule has 0 amide bonds. The summed E-state index contributed by atoms with van der Waals surface area (Å²) in [5.41, 5.74) is -0.746. The maximum Gasteiger partial charge on any atom is 0.311 e. The van der Waals surface area contributed by atoms with Crippen molar-refractivity contribution in [3.05, 3.63) is 72.2 Å². The number of hydrogen-bond donors (Lipinski definition) is 2. The van der Waals surface area contributed by atoms with Crippen LogP contribution in [0.15, 0.2) is 40.9 Å². The Morgan fingerprint density at radius 2 is 1.21 bits per heavy atom. The second-order valence-corrected chi connectivity index (χ2v) is 5.51. The van der Waals surface area contributed by atoms with Gasteiger partial charge in [0.25, 0.3) is 0 Å². The maximum absolute atomic E-state index is 10.9. The van der Waals surface area contributed by atoms with Gasteiger partial charge >= 0.3 is 11.4 Å². The molecule has 2 rings (SSSR count). The molecule has 0 saturated carbocycles. The lowest BCUT2D eigenvalue weighted by Crippen LogP contribution is -1.95. The van der Waals surface area contributed by atoms with Gasteiger partial charge in [-0.3, -0.25) is 20.2 Å². The van der Waals surface area contributed by atoms with E-state index in [2.05, 4.69) is 0 Å². The molecule has 0 bridgehead atoms. The van der Waals surface area contributed by atoms with E-state index >= 15 is 0 Å². The molecule has 10 heteroatoms. The van der Waals surface area contributed by atoms with Crippen molar-refractivity contribution < 1.29 is 20.1 Å². The number of aromatic hydroxyl groups is 2. The summed E-state index contributed by atoms with van der Waals surface area (Å²) in [6, 6.07) is 6.88. The molecular weight excluding hydrogens is 363 g/mol. The van der Waals surface area contributed by atoms with Crippen molar-refractivity contribution in [2.45, 2.75) is 0 Å². The first-order valence-electron chi connectivity index (χ1n) is 6.23.